The van der Waals surface area contributed by atoms with Gasteiger partial charge in [-0.05, 0) is 36.5 Å². The number of methoxy groups -OCH3 is 1. The lowest BCUT2D eigenvalue weighted by Gasteiger charge is -2.16. The average molecular weight is 319 g/mol. The quantitative estimate of drug-likeness (QED) is 0.773. The van der Waals surface area contributed by atoms with Crippen LogP contribution in [0.4, 0.5) is 4.79 Å². The number of amides is 3. The maximum atomic E-state index is 11.9. The number of nitrogens with two attached hydrogens (primary N) is 1. The minimum Gasteiger partial charge on any atom is -0.465 e. The van der Waals surface area contributed by atoms with Gasteiger partial charge in [0.2, 0.25) is 5.91 Å². The minimum atomic E-state index is -0.700. The summed E-state index contributed by atoms with van der Waals surface area (Å²) in [5, 5.41) is 2.31. The molecule has 0 bridgehead atoms. The summed E-state index contributed by atoms with van der Waals surface area (Å²) in [7, 11) is 1.36. The number of hydrogen-bond acceptors (Lipinski definition) is 4. The number of ether oxygens (including phenoxy) is 1. The van der Waals surface area contributed by atoms with Crippen molar-refractivity contribution >= 4 is 17.9 Å². The van der Waals surface area contributed by atoms with E-state index >= 15 is 0 Å². The van der Waals surface area contributed by atoms with Crippen LogP contribution in [0.5, 0.6) is 0 Å². The van der Waals surface area contributed by atoms with Crippen LogP contribution in [0.15, 0.2) is 24.3 Å². The fourth-order valence-corrected chi connectivity index (χ4v) is 2.78. The predicted molar refractivity (Wildman–Crippen MR) is 83.8 cm³/mol. The predicted octanol–water partition coefficient (Wildman–Crippen LogP) is 0.532. The van der Waals surface area contributed by atoms with Gasteiger partial charge in [0.05, 0.1) is 19.2 Å². The number of primary amides is 1. The van der Waals surface area contributed by atoms with Crippen molar-refractivity contribution in [3.8, 4) is 0 Å². The van der Waals surface area contributed by atoms with Gasteiger partial charge in [-0.15, -0.1) is 0 Å². The lowest BCUT2D eigenvalue weighted by Crippen LogP contribution is -2.41. The molecule has 3 N–H and O–H groups in total. The van der Waals surface area contributed by atoms with Crippen LogP contribution in [-0.4, -0.2) is 49.6 Å². The summed E-state index contributed by atoms with van der Waals surface area (Å²) in [4.78, 5) is 35.8. The first-order chi connectivity index (χ1) is 11.0. The number of esters is 1. The van der Waals surface area contributed by atoms with Crippen LogP contribution >= 0.6 is 0 Å². The van der Waals surface area contributed by atoms with Gasteiger partial charge in [-0.3, -0.25) is 4.79 Å². The molecule has 2 rings (SSSR count). The summed E-state index contributed by atoms with van der Waals surface area (Å²) in [5.74, 6) is -0.150. The highest BCUT2D eigenvalue weighted by Gasteiger charge is 2.26. The Morgan fingerprint density at radius 1 is 1.39 bits per heavy atom. The van der Waals surface area contributed by atoms with Gasteiger partial charge in [0.25, 0.3) is 0 Å². The summed E-state index contributed by atoms with van der Waals surface area (Å²) in [6, 6.07) is 6.64. The smallest absolute Gasteiger partial charge is 0.337 e. The second-order valence-electron chi connectivity index (χ2n) is 5.61. The third-order valence-electron chi connectivity index (χ3n) is 3.92. The van der Waals surface area contributed by atoms with Crippen molar-refractivity contribution in [1.82, 2.24) is 10.2 Å². The highest BCUT2D eigenvalue weighted by atomic mass is 16.5. The van der Waals surface area contributed by atoms with Crippen molar-refractivity contribution in [2.24, 2.45) is 11.7 Å². The molecule has 1 saturated heterocycles. The first kappa shape index (κ1) is 16.8. The van der Waals surface area contributed by atoms with Crippen LogP contribution < -0.4 is 11.1 Å². The van der Waals surface area contributed by atoms with Gasteiger partial charge in [-0.2, -0.15) is 0 Å². The molecule has 1 unspecified atom stereocenters. The molecule has 0 saturated carbocycles. The first-order valence-corrected chi connectivity index (χ1v) is 7.48. The van der Waals surface area contributed by atoms with Crippen LogP contribution in [0.25, 0.3) is 0 Å². The molecule has 1 aliphatic rings. The third-order valence-corrected chi connectivity index (χ3v) is 3.92. The van der Waals surface area contributed by atoms with Gasteiger partial charge in [-0.1, -0.05) is 12.1 Å². The van der Waals surface area contributed by atoms with Gasteiger partial charge >= 0.3 is 12.0 Å². The van der Waals surface area contributed by atoms with E-state index in [2.05, 4.69) is 5.32 Å². The summed E-state index contributed by atoms with van der Waals surface area (Å²) in [5.41, 5.74) is 6.53. The Kier molecular flexibility index (Phi) is 5.56. The zero-order chi connectivity index (χ0) is 16.8. The Morgan fingerprint density at radius 2 is 2.17 bits per heavy atom. The van der Waals surface area contributed by atoms with Crippen LogP contribution in [-0.2, 0) is 16.0 Å². The average Bonchev–Trinajstić information content (AvgIpc) is 3.00. The van der Waals surface area contributed by atoms with Crippen molar-refractivity contribution < 1.29 is 19.1 Å². The lowest BCUT2D eigenvalue weighted by atomic mass is 9.97. The first-order valence-electron chi connectivity index (χ1n) is 7.48. The number of rotatable bonds is 5. The van der Waals surface area contributed by atoms with Crippen LogP contribution in [0.2, 0.25) is 0 Å². The Labute approximate surface area is 134 Å². The molecule has 1 heterocycles. The van der Waals surface area contributed by atoms with Crippen molar-refractivity contribution in [1.29, 1.82) is 0 Å². The Hall–Kier alpha value is -2.57. The third kappa shape index (κ3) is 4.70. The molecule has 3 amide bonds. The number of nitrogens with one attached hydrogen (secondary N) is 1. The van der Waals surface area contributed by atoms with Gasteiger partial charge in [0, 0.05) is 13.1 Å². The Balaban J connectivity index is 1.89. The van der Waals surface area contributed by atoms with Gasteiger partial charge < -0.3 is 20.7 Å². The summed E-state index contributed by atoms with van der Waals surface area (Å²) < 4.78 is 4.72. The monoisotopic (exact) mass is 319 g/mol. The van der Waals surface area contributed by atoms with E-state index < -0.39 is 6.03 Å². The molecule has 0 aliphatic carbocycles. The summed E-state index contributed by atoms with van der Waals surface area (Å²) >= 11 is 0. The summed E-state index contributed by atoms with van der Waals surface area (Å²) in [6.45, 7) is 1.24. The number of hydrogen-bond donors (Lipinski definition) is 2. The molecule has 124 valence electrons. The van der Waals surface area contributed by atoms with Crippen molar-refractivity contribution in [3.05, 3.63) is 35.4 Å². The van der Waals surface area contributed by atoms with E-state index in [1.807, 2.05) is 18.2 Å². The zero-order valence-electron chi connectivity index (χ0n) is 13.1. The highest BCUT2D eigenvalue weighted by Crippen LogP contribution is 2.21. The van der Waals surface area contributed by atoms with E-state index in [9.17, 15) is 14.4 Å². The van der Waals surface area contributed by atoms with E-state index in [0.717, 1.165) is 18.4 Å². The topological polar surface area (TPSA) is 102 Å². The molecule has 7 heteroatoms. The molecule has 1 fully saturated rings. The van der Waals surface area contributed by atoms with E-state index in [0.29, 0.717) is 24.6 Å². The number of benzene rings is 1. The van der Waals surface area contributed by atoms with Crippen molar-refractivity contribution in [2.75, 3.05) is 26.7 Å². The fourth-order valence-electron chi connectivity index (χ4n) is 2.78. The Morgan fingerprint density at radius 3 is 2.87 bits per heavy atom. The molecule has 23 heavy (non-hydrogen) atoms. The SMILES string of the molecule is COC(=O)c1cccc(CC2CCN(C(=O)CNC(N)=O)C2)c1. The molecule has 1 aromatic carbocycles. The molecule has 7 nitrogen and oxygen atoms in total. The molecule has 0 aromatic heterocycles. The van der Waals surface area contributed by atoms with Crippen LogP contribution in [0.3, 0.4) is 0 Å². The van der Waals surface area contributed by atoms with Crippen molar-refractivity contribution in [2.45, 2.75) is 12.8 Å². The second kappa shape index (κ2) is 7.62. The molecular weight excluding hydrogens is 298 g/mol. The van der Waals surface area contributed by atoms with Crippen LogP contribution in [0.1, 0.15) is 22.3 Å². The van der Waals surface area contributed by atoms with Crippen molar-refractivity contribution in [3.63, 3.8) is 0 Å². The van der Waals surface area contributed by atoms with E-state index in [1.165, 1.54) is 7.11 Å². The lowest BCUT2D eigenvalue weighted by molar-refractivity contribution is -0.129. The number of carbonyl (C=O) groups is 3. The Bertz CT molecular complexity index is 603. The molecular formula is C16H21N3O4. The number of nitrogens with zero attached hydrogens (tertiary/aromatic N) is 1. The van der Waals surface area contributed by atoms with Gasteiger partial charge in [0.1, 0.15) is 0 Å². The molecule has 1 aliphatic heterocycles. The second-order valence-corrected chi connectivity index (χ2v) is 5.61. The fraction of sp³-hybridized carbons (Fsp3) is 0.438. The molecule has 1 aromatic rings. The molecule has 1 atom stereocenters. The maximum Gasteiger partial charge on any atom is 0.337 e. The number of urea groups is 1. The normalized spacial score (nSPS) is 16.9. The summed E-state index contributed by atoms with van der Waals surface area (Å²) in [6.07, 6.45) is 1.68. The zero-order valence-corrected chi connectivity index (χ0v) is 13.1. The van der Waals surface area contributed by atoms with Gasteiger partial charge in [0.15, 0.2) is 0 Å². The van der Waals surface area contributed by atoms with Gasteiger partial charge in [-0.25, -0.2) is 9.59 Å². The van der Waals surface area contributed by atoms with E-state index in [1.54, 1.807) is 11.0 Å². The standard InChI is InChI=1S/C16H21N3O4/c1-23-15(21)13-4-2-3-11(8-13)7-12-5-6-19(10-12)14(20)9-18-16(17)22/h2-4,8,12H,5-7,9-10H2,1H3,(H3,17,18,22). The minimum absolute atomic E-state index is 0.0696. The largest absolute Gasteiger partial charge is 0.465 e. The van der Waals surface area contributed by atoms with E-state index in [-0.39, 0.29) is 18.4 Å². The van der Waals surface area contributed by atoms with Crippen LogP contribution in [0, 0.1) is 5.92 Å². The number of carbonyl (C=O) groups excluding carboxylic acids is 3. The van der Waals surface area contributed by atoms with E-state index in [4.69, 9.17) is 10.5 Å². The number of likely N-dealkylation sites (tertiary alicyclic amines) is 1. The molecule has 0 radical (unpaired) electrons. The highest BCUT2D eigenvalue weighted by molar-refractivity contribution is 5.89. The maximum absolute atomic E-state index is 11.9. The molecule has 0 spiro atoms.